The Balaban J connectivity index is 1.28. The fourth-order valence-corrected chi connectivity index (χ4v) is 5.86. The maximum absolute atomic E-state index is 13.0. The van der Waals surface area contributed by atoms with Gasteiger partial charge >= 0.3 is 0 Å². The summed E-state index contributed by atoms with van der Waals surface area (Å²) in [6.45, 7) is 7.99. The van der Waals surface area contributed by atoms with E-state index in [-0.39, 0.29) is 0 Å². The minimum absolute atomic E-state index is 0.369. The number of carbonyl (C=O) groups is 1. The SMILES string of the molecule is Cc1cccc(C)c1/C=C/C1CCN(C(=O)CN2CCCC3CCCCC32)CC1. The predicted octanol–water partition coefficient (Wildman–Crippen LogP) is 5.21. The average Bonchev–Trinajstić information content (AvgIpc) is 2.74. The molecule has 2 heterocycles. The molecule has 2 unspecified atom stereocenters. The lowest BCUT2D eigenvalue weighted by atomic mass is 9.78. The maximum Gasteiger partial charge on any atom is 0.236 e. The fraction of sp³-hybridized carbons (Fsp3) is 0.654. The Hall–Kier alpha value is -1.61. The number of aryl methyl sites for hydroxylation is 2. The maximum atomic E-state index is 13.0. The zero-order valence-corrected chi connectivity index (χ0v) is 18.4. The van der Waals surface area contributed by atoms with Crippen molar-refractivity contribution in [2.45, 2.75) is 71.3 Å². The molecule has 0 aromatic heterocycles. The molecule has 0 bridgehead atoms. The molecule has 3 fully saturated rings. The highest BCUT2D eigenvalue weighted by atomic mass is 16.2. The van der Waals surface area contributed by atoms with Crippen LogP contribution in [0.3, 0.4) is 0 Å². The third-order valence-corrected chi connectivity index (χ3v) is 7.67. The van der Waals surface area contributed by atoms with Crippen molar-refractivity contribution in [1.29, 1.82) is 0 Å². The first-order chi connectivity index (χ1) is 14.1. The van der Waals surface area contributed by atoms with Crippen molar-refractivity contribution >= 4 is 12.0 Å². The summed E-state index contributed by atoms with van der Waals surface area (Å²) < 4.78 is 0. The molecule has 1 amide bonds. The Bertz CT molecular complexity index is 710. The Morgan fingerprint density at radius 3 is 2.41 bits per heavy atom. The van der Waals surface area contributed by atoms with Crippen molar-refractivity contribution in [3.8, 4) is 0 Å². The lowest BCUT2D eigenvalue weighted by Gasteiger charge is -2.44. The summed E-state index contributed by atoms with van der Waals surface area (Å²) in [5.41, 5.74) is 4.05. The monoisotopic (exact) mass is 394 g/mol. The minimum Gasteiger partial charge on any atom is -0.342 e. The number of likely N-dealkylation sites (tertiary alicyclic amines) is 2. The van der Waals surface area contributed by atoms with Crippen LogP contribution in [0.5, 0.6) is 0 Å². The van der Waals surface area contributed by atoms with Crippen molar-refractivity contribution in [3.63, 3.8) is 0 Å². The summed E-state index contributed by atoms with van der Waals surface area (Å²) in [4.78, 5) is 17.6. The molecule has 1 aromatic carbocycles. The molecule has 3 nitrogen and oxygen atoms in total. The van der Waals surface area contributed by atoms with Gasteiger partial charge in [0.2, 0.25) is 5.91 Å². The van der Waals surface area contributed by atoms with E-state index in [0.29, 0.717) is 24.4 Å². The Morgan fingerprint density at radius 2 is 1.66 bits per heavy atom. The molecule has 29 heavy (non-hydrogen) atoms. The molecule has 1 aromatic rings. The van der Waals surface area contributed by atoms with E-state index in [9.17, 15) is 4.79 Å². The van der Waals surface area contributed by atoms with E-state index in [2.05, 4.69) is 54.0 Å². The molecule has 0 N–H and O–H groups in total. The molecule has 1 aliphatic carbocycles. The van der Waals surface area contributed by atoms with Gasteiger partial charge in [-0.3, -0.25) is 9.69 Å². The van der Waals surface area contributed by atoms with Crippen LogP contribution in [-0.2, 0) is 4.79 Å². The first-order valence-corrected chi connectivity index (χ1v) is 11.9. The quantitative estimate of drug-likeness (QED) is 0.700. The van der Waals surface area contributed by atoms with Crippen LogP contribution in [0.1, 0.15) is 68.1 Å². The van der Waals surface area contributed by atoms with Gasteiger partial charge in [0, 0.05) is 19.1 Å². The van der Waals surface area contributed by atoms with Gasteiger partial charge in [0.25, 0.3) is 0 Å². The van der Waals surface area contributed by atoms with E-state index < -0.39 is 0 Å². The zero-order valence-electron chi connectivity index (χ0n) is 18.4. The van der Waals surface area contributed by atoms with Crippen molar-refractivity contribution in [1.82, 2.24) is 9.80 Å². The van der Waals surface area contributed by atoms with E-state index in [1.807, 2.05) is 0 Å². The highest BCUT2D eigenvalue weighted by Crippen LogP contribution is 2.35. The van der Waals surface area contributed by atoms with Crippen molar-refractivity contribution in [2.75, 3.05) is 26.2 Å². The molecule has 1 saturated carbocycles. The number of fused-ring (bicyclic) bond motifs is 1. The van der Waals surface area contributed by atoms with Crippen LogP contribution >= 0.6 is 0 Å². The average molecular weight is 395 g/mol. The lowest BCUT2D eigenvalue weighted by Crippen LogP contribution is -2.52. The van der Waals surface area contributed by atoms with Crippen LogP contribution in [0, 0.1) is 25.7 Å². The summed E-state index contributed by atoms with van der Waals surface area (Å²) >= 11 is 0. The van der Waals surface area contributed by atoms with Crippen molar-refractivity contribution in [3.05, 3.63) is 41.0 Å². The molecule has 0 spiro atoms. The van der Waals surface area contributed by atoms with E-state index >= 15 is 0 Å². The van der Waals surface area contributed by atoms with Gasteiger partial charge in [0.15, 0.2) is 0 Å². The predicted molar refractivity (Wildman–Crippen MR) is 121 cm³/mol. The van der Waals surface area contributed by atoms with Crippen LogP contribution in [0.25, 0.3) is 6.08 Å². The second-order valence-electron chi connectivity index (χ2n) is 9.61. The molecule has 2 atom stereocenters. The van der Waals surface area contributed by atoms with Crippen LogP contribution in [0.2, 0.25) is 0 Å². The Morgan fingerprint density at radius 1 is 0.966 bits per heavy atom. The van der Waals surface area contributed by atoms with E-state index in [4.69, 9.17) is 0 Å². The number of piperidine rings is 2. The number of amides is 1. The molecule has 158 valence electrons. The molecule has 3 aliphatic rings. The summed E-state index contributed by atoms with van der Waals surface area (Å²) in [5.74, 6) is 1.82. The molecule has 4 rings (SSSR count). The number of hydrogen-bond donors (Lipinski definition) is 0. The van der Waals surface area contributed by atoms with Gasteiger partial charge < -0.3 is 4.90 Å². The topological polar surface area (TPSA) is 23.6 Å². The normalized spacial score (nSPS) is 26.6. The second kappa shape index (κ2) is 9.47. The number of nitrogens with zero attached hydrogens (tertiary/aromatic N) is 2. The van der Waals surface area contributed by atoms with Gasteiger partial charge in [-0.1, -0.05) is 43.2 Å². The molecule has 2 aliphatic heterocycles. The summed E-state index contributed by atoms with van der Waals surface area (Å²) in [6.07, 6.45) is 15.0. The summed E-state index contributed by atoms with van der Waals surface area (Å²) in [7, 11) is 0. The molecular formula is C26H38N2O. The second-order valence-corrected chi connectivity index (χ2v) is 9.61. The summed E-state index contributed by atoms with van der Waals surface area (Å²) in [6, 6.07) is 7.18. The molecule has 0 radical (unpaired) electrons. The number of allylic oxidation sites excluding steroid dienone is 1. The number of benzene rings is 1. The fourth-order valence-electron chi connectivity index (χ4n) is 5.86. The smallest absolute Gasteiger partial charge is 0.236 e. The Kier molecular flexibility index (Phi) is 6.74. The van der Waals surface area contributed by atoms with E-state index in [0.717, 1.165) is 38.4 Å². The van der Waals surface area contributed by atoms with Crippen LogP contribution in [-0.4, -0.2) is 47.9 Å². The van der Waals surface area contributed by atoms with Crippen molar-refractivity contribution in [2.24, 2.45) is 11.8 Å². The number of rotatable bonds is 4. The van der Waals surface area contributed by atoms with Crippen LogP contribution in [0.4, 0.5) is 0 Å². The molecular weight excluding hydrogens is 356 g/mol. The van der Waals surface area contributed by atoms with Gasteiger partial charge in [-0.15, -0.1) is 0 Å². The largest absolute Gasteiger partial charge is 0.342 e. The Labute approximate surface area is 177 Å². The molecule has 3 heteroatoms. The third kappa shape index (κ3) is 4.94. The first-order valence-electron chi connectivity index (χ1n) is 11.9. The zero-order chi connectivity index (χ0) is 20.2. The first kappa shape index (κ1) is 20.7. The number of carbonyl (C=O) groups excluding carboxylic acids is 1. The van der Waals surface area contributed by atoms with Gasteiger partial charge in [0.1, 0.15) is 0 Å². The van der Waals surface area contributed by atoms with Gasteiger partial charge in [-0.25, -0.2) is 0 Å². The number of hydrogen-bond acceptors (Lipinski definition) is 2. The van der Waals surface area contributed by atoms with E-state index in [1.54, 1.807) is 0 Å². The third-order valence-electron chi connectivity index (χ3n) is 7.67. The lowest BCUT2D eigenvalue weighted by molar-refractivity contribution is -0.135. The molecule has 2 saturated heterocycles. The van der Waals surface area contributed by atoms with Gasteiger partial charge in [-0.05, 0) is 87.4 Å². The highest BCUT2D eigenvalue weighted by Gasteiger charge is 2.34. The van der Waals surface area contributed by atoms with Crippen LogP contribution < -0.4 is 0 Å². The van der Waals surface area contributed by atoms with Gasteiger partial charge in [0.05, 0.1) is 6.54 Å². The van der Waals surface area contributed by atoms with Crippen molar-refractivity contribution < 1.29 is 4.79 Å². The summed E-state index contributed by atoms with van der Waals surface area (Å²) in [5, 5.41) is 0. The van der Waals surface area contributed by atoms with E-state index in [1.165, 1.54) is 55.2 Å². The minimum atomic E-state index is 0.369. The van der Waals surface area contributed by atoms with Gasteiger partial charge in [-0.2, -0.15) is 0 Å². The standard InChI is InChI=1S/C26H38N2O/c1-20-7-5-8-21(2)24(20)13-12-22-14-17-27(18-15-22)26(29)19-28-16-6-10-23-9-3-4-11-25(23)28/h5,7-8,12-13,22-23,25H,3-4,6,9-11,14-19H2,1-2H3/b13-12+. The highest BCUT2D eigenvalue weighted by molar-refractivity contribution is 5.78. The van der Waals surface area contributed by atoms with Crippen LogP contribution in [0.15, 0.2) is 24.3 Å².